The largest absolute Gasteiger partial charge is 0.183 e. The molecule has 0 radical (unpaired) electrons. The third-order valence-corrected chi connectivity index (χ3v) is 3.19. The first kappa shape index (κ1) is 14.3. The summed E-state index contributed by atoms with van der Waals surface area (Å²) >= 11 is 0. The van der Waals surface area contributed by atoms with E-state index in [0.717, 1.165) is 5.56 Å². The fourth-order valence-electron chi connectivity index (χ4n) is 2.22. The Bertz CT molecular complexity index is 439. The molecule has 0 heterocycles. The molecule has 1 rings (SSSR count). The average Bonchev–Trinajstić information content (AvgIpc) is 2.42. The molecule has 1 atom stereocenters. The van der Waals surface area contributed by atoms with E-state index < -0.39 is 0 Å². The van der Waals surface area contributed by atoms with Gasteiger partial charge >= 0.3 is 0 Å². The molecule has 0 aromatic heterocycles. The first-order valence-corrected chi connectivity index (χ1v) is 6.81. The van der Waals surface area contributed by atoms with Crippen molar-refractivity contribution in [3.63, 3.8) is 0 Å². The average molecular weight is 239 g/mol. The van der Waals surface area contributed by atoms with Gasteiger partial charge in [0.2, 0.25) is 0 Å². The highest BCUT2D eigenvalue weighted by Crippen LogP contribution is 2.27. The molecule has 94 valence electrons. The Kier molecular flexibility index (Phi) is 6.67. The lowest BCUT2D eigenvalue weighted by atomic mass is 9.89. The van der Waals surface area contributed by atoms with Crippen LogP contribution in [0.1, 0.15) is 63.0 Å². The summed E-state index contributed by atoms with van der Waals surface area (Å²) in [4.78, 5) is 0. The summed E-state index contributed by atoms with van der Waals surface area (Å²) in [5, 5.41) is 8.41. The molecule has 1 aromatic carbocycles. The molecule has 0 saturated carbocycles. The minimum absolute atomic E-state index is 0.674. The molecule has 0 N–H and O–H groups in total. The predicted octanol–water partition coefficient (Wildman–Crippen LogP) is 4.64. The van der Waals surface area contributed by atoms with Gasteiger partial charge in [0.05, 0.1) is 0 Å². The normalized spacial score (nSPS) is 11.2. The molecule has 0 saturated heterocycles. The molecule has 0 aliphatic heterocycles. The Morgan fingerprint density at radius 1 is 1.06 bits per heavy atom. The van der Waals surface area contributed by atoms with Gasteiger partial charge in [-0.25, -0.2) is 0 Å². The van der Waals surface area contributed by atoms with Crippen molar-refractivity contribution < 1.29 is 0 Å². The van der Waals surface area contributed by atoms with Gasteiger partial charge in [-0.2, -0.15) is 5.26 Å². The van der Waals surface area contributed by atoms with Gasteiger partial charge in [0.25, 0.3) is 0 Å². The van der Waals surface area contributed by atoms with Crippen molar-refractivity contribution >= 4 is 0 Å². The van der Waals surface area contributed by atoms with Crippen molar-refractivity contribution in [2.24, 2.45) is 0 Å². The minimum Gasteiger partial charge on any atom is -0.183 e. The topological polar surface area (TPSA) is 23.8 Å². The predicted molar refractivity (Wildman–Crippen MR) is 76.1 cm³/mol. The second-order valence-electron chi connectivity index (χ2n) is 4.61. The maximum Gasteiger partial charge on any atom is 0.152 e. The van der Waals surface area contributed by atoms with E-state index in [-0.39, 0.29) is 0 Å². The van der Waals surface area contributed by atoms with Crippen molar-refractivity contribution in [2.45, 2.75) is 51.9 Å². The smallest absolute Gasteiger partial charge is 0.152 e. The van der Waals surface area contributed by atoms with Crippen LogP contribution < -0.4 is 0 Å². The van der Waals surface area contributed by atoms with Crippen molar-refractivity contribution in [3.8, 4) is 17.9 Å². The third kappa shape index (κ3) is 4.64. The van der Waals surface area contributed by atoms with Crippen molar-refractivity contribution in [1.29, 1.82) is 5.26 Å². The number of benzene rings is 1. The summed E-state index contributed by atoms with van der Waals surface area (Å²) in [5.74, 6) is 5.93. The molecule has 1 unspecified atom stereocenters. The van der Waals surface area contributed by atoms with E-state index in [2.05, 4.69) is 37.8 Å². The maximum absolute atomic E-state index is 8.41. The second kappa shape index (κ2) is 8.37. The first-order valence-electron chi connectivity index (χ1n) is 6.81. The van der Waals surface area contributed by atoms with E-state index in [1.165, 1.54) is 37.7 Å². The molecule has 1 heteroatoms. The Balaban J connectivity index is 2.76. The summed E-state index contributed by atoms with van der Waals surface area (Å²) in [6.45, 7) is 4.48. The lowest BCUT2D eigenvalue weighted by molar-refractivity contribution is 0.541. The second-order valence-corrected chi connectivity index (χ2v) is 4.61. The van der Waals surface area contributed by atoms with E-state index >= 15 is 0 Å². The van der Waals surface area contributed by atoms with E-state index in [9.17, 15) is 0 Å². The lowest BCUT2D eigenvalue weighted by Crippen LogP contribution is -1.98. The molecule has 0 aliphatic rings. The monoisotopic (exact) mass is 239 g/mol. The summed E-state index contributed by atoms with van der Waals surface area (Å²) in [6.07, 6.45) is 6.30. The van der Waals surface area contributed by atoms with Crippen LogP contribution in [0.5, 0.6) is 0 Å². The van der Waals surface area contributed by atoms with Crippen LogP contribution >= 0.6 is 0 Å². The number of rotatable bonds is 6. The Morgan fingerprint density at radius 3 is 2.33 bits per heavy atom. The Morgan fingerprint density at radius 2 is 1.78 bits per heavy atom. The van der Waals surface area contributed by atoms with Gasteiger partial charge in [0.15, 0.2) is 6.07 Å². The molecular formula is C17H21N. The fraction of sp³-hybridized carbons (Fsp3) is 0.471. The van der Waals surface area contributed by atoms with Gasteiger partial charge in [-0.1, -0.05) is 51.2 Å². The van der Waals surface area contributed by atoms with Gasteiger partial charge in [0, 0.05) is 11.5 Å². The molecular weight excluding hydrogens is 218 g/mol. The molecule has 1 aromatic rings. The SMILES string of the molecule is CCCCC(CCC)c1ccc(C#CC#N)cc1. The quantitative estimate of drug-likeness (QED) is 0.664. The zero-order valence-electron chi connectivity index (χ0n) is 11.4. The Labute approximate surface area is 111 Å². The van der Waals surface area contributed by atoms with Crippen LogP contribution in [0.2, 0.25) is 0 Å². The Hall–Kier alpha value is -1.73. The molecule has 0 amide bonds. The van der Waals surface area contributed by atoms with Crippen LogP contribution in [-0.4, -0.2) is 0 Å². The molecule has 0 aliphatic carbocycles. The molecule has 0 bridgehead atoms. The number of nitrogens with zero attached hydrogens (tertiary/aromatic N) is 1. The van der Waals surface area contributed by atoms with Crippen LogP contribution in [0.15, 0.2) is 24.3 Å². The highest BCUT2D eigenvalue weighted by molar-refractivity contribution is 5.39. The van der Waals surface area contributed by atoms with Crippen LogP contribution in [-0.2, 0) is 0 Å². The van der Waals surface area contributed by atoms with Crippen molar-refractivity contribution in [2.75, 3.05) is 0 Å². The minimum atomic E-state index is 0.674. The van der Waals surface area contributed by atoms with Crippen LogP contribution in [0.25, 0.3) is 0 Å². The van der Waals surface area contributed by atoms with Crippen molar-refractivity contribution in [1.82, 2.24) is 0 Å². The summed E-state index contributed by atoms with van der Waals surface area (Å²) < 4.78 is 0. The van der Waals surface area contributed by atoms with Gasteiger partial charge in [0.1, 0.15) is 0 Å². The summed E-state index contributed by atoms with van der Waals surface area (Å²) in [6, 6.07) is 10.2. The lowest BCUT2D eigenvalue weighted by Gasteiger charge is -2.16. The fourth-order valence-corrected chi connectivity index (χ4v) is 2.22. The molecule has 0 spiro atoms. The molecule has 1 nitrogen and oxygen atoms in total. The maximum atomic E-state index is 8.41. The summed E-state index contributed by atoms with van der Waals surface area (Å²) in [5.41, 5.74) is 2.33. The third-order valence-electron chi connectivity index (χ3n) is 3.19. The van der Waals surface area contributed by atoms with E-state index in [1.54, 1.807) is 0 Å². The number of hydrogen-bond donors (Lipinski definition) is 0. The number of hydrogen-bond acceptors (Lipinski definition) is 1. The van der Waals surface area contributed by atoms with Gasteiger partial charge in [-0.3, -0.25) is 0 Å². The van der Waals surface area contributed by atoms with Crippen molar-refractivity contribution in [3.05, 3.63) is 35.4 Å². The van der Waals surface area contributed by atoms with Crippen LogP contribution in [0, 0.1) is 23.2 Å². The van der Waals surface area contributed by atoms with E-state index in [1.807, 2.05) is 18.2 Å². The van der Waals surface area contributed by atoms with Gasteiger partial charge < -0.3 is 0 Å². The van der Waals surface area contributed by atoms with E-state index in [0.29, 0.717) is 5.92 Å². The van der Waals surface area contributed by atoms with Crippen LogP contribution in [0.4, 0.5) is 0 Å². The number of unbranched alkanes of at least 4 members (excludes halogenated alkanes) is 1. The highest BCUT2D eigenvalue weighted by atomic mass is 14.2. The number of nitriles is 1. The first-order chi connectivity index (χ1) is 8.81. The standard InChI is InChI=1S/C17H21N/c1-3-5-9-16(7-4-2)17-12-10-15(11-13-17)8-6-14-18/h10-13,16H,3-5,7,9H2,1-2H3. The zero-order chi connectivity index (χ0) is 13.2. The van der Waals surface area contributed by atoms with Gasteiger partial charge in [-0.15, -0.1) is 0 Å². The summed E-state index contributed by atoms with van der Waals surface area (Å²) in [7, 11) is 0. The van der Waals surface area contributed by atoms with Gasteiger partial charge in [-0.05, 0) is 36.5 Å². The highest BCUT2D eigenvalue weighted by Gasteiger charge is 2.09. The molecule has 18 heavy (non-hydrogen) atoms. The van der Waals surface area contributed by atoms with Crippen LogP contribution in [0.3, 0.4) is 0 Å². The zero-order valence-corrected chi connectivity index (χ0v) is 11.4. The molecule has 0 fully saturated rings. The van der Waals surface area contributed by atoms with E-state index in [4.69, 9.17) is 5.26 Å².